The fraction of sp³-hybridized carbons (Fsp3) is 0.647. The molecule has 2 heteroatoms. The molecule has 1 aromatic rings. The van der Waals surface area contributed by atoms with Crippen LogP contribution in [0.25, 0.3) is 0 Å². The van der Waals surface area contributed by atoms with E-state index in [2.05, 4.69) is 38.3 Å². The van der Waals surface area contributed by atoms with Gasteiger partial charge in [0.05, 0.1) is 7.11 Å². The Kier molecular flexibility index (Phi) is 4.87. The summed E-state index contributed by atoms with van der Waals surface area (Å²) in [4.78, 5) is 0. The zero-order chi connectivity index (χ0) is 13.8. The molecule has 0 bridgehead atoms. The number of ether oxygens (including phenoxy) is 1. The lowest BCUT2D eigenvalue weighted by atomic mass is 9.91. The number of rotatable bonds is 5. The standard InChI is InChI=1S/C17H27NO/c1-12-9-15(10-13(2)17(12)19-4)16(18-3)11-14-7-5-6-8-14/h9-10,14,16,18H,5-8,11H2,1-4H3. The van der Waals surface area contributed by atoms with Gasteiger partial charge in [-0.2, -0.15) is 0 Å². The highest BCUT2D eigenvalue weighted by Gasteiger charge is 2.21. The van der Waals surface area contributed by atoms with Gasteiger partial charge < -0.3 is 10.1 Å². The number of hydrogen-bond acceptors (Lipinski definition) is 2. The molecule has 1 aliphatic rings. The zero-order valence-electron chi connectivity index (χ0n) is 12.8. The van der Waals surface area contributed by atoms with E-state index >= 15 is 0 Å². The highest BCUT2D eigenvalue weighted by atomic mass is 16.5. The topological polar surface area (TPSA) is 21.3 Å². The molecule has 0 heterocycles. The van der Waals surface area contributed by atoms with E-state index in [4.69, 9.17) is 4.74 Å². The molecular weight excluding hydrogens is 234 g/mol. The van der Waals surface area contributed by atoms with Crippen LogP contribution in [0.3, 0.4) is 0 Å². The molecule has 1 N–H and O–H groups in total. The van der Waals surface area contributed by atoms with E-state index in [0.29, 0.717) is 6.04 Å². The predicted octanol–water partition coefficient (Wildman–Crippen LogP) is 4.15. The first kappa shape index (κ1) is 14.4. The molecule has 0 radical (unpaired) electrons. The summed E-state index contributed by atoms with van der Waals surface area (Å²) in [7, 11) is 3.83. The normalized spacial score (nSPS) is 17.7. The first-order chi connectivity index (χ1) is 9.15. The Morgan fingerprint density at radius 1 is 1.21 bits per heavy atom. The average Bonchev–Trinajstić information content (AvgIpc) is 2.88. The summed E-state index contributed by atoms with van der Waals surface area (Å²) in [5, 5.41) is 3.50. The minimum Gasteiger partial charge on any atom is -0.496 e. The van der Waals surface area contributed by atoms with Crippen LogP contribution in [0.4, 0.5) is 0 Å². The van der Waals surface area contributed by atoms with Crippen LogP contribution in [0, 0.1) is 19.8 Å². The van der Waals surface area contributed by atoms with Crippen LogP contribution in [0.2, 0.25) is 0 Å². The van der Waals surface area contributed by atoms with Crippen LogP contribution in [0.1, 0.15) is 54.8 Å². The largest absolute Gasteiger partial charge is 0.496 e. The van der Waals surface area contributed by atoms with Crippen molar-refractivity contribution in [2.45, 2.75) is 52.0 Å². The van der Waals surface area contributed by atoms with E-state index in [1.165, 1.54) is 48.8 Å². The van der Waals surface area contributed by atoms with Crippen molar-refractivity contribution in [3.63, 3.8) is 0 Å². The Bertz CT molecular complexity index is 398. The molecule has 19 heavy (non-hydrogen) atoms. The molecule has 2 nitrogen and oxygen atoms in total. The molecule has 0 saturated heterocycles. The van der Waals surface area contributed by atoms with E-state index in [-0.39, 0.29) is 0 Å². The fourth-order valence-corrected chi connectivity index (χ4v) is 3.51. The van der Waals surface area contributed by atoms with Crippen molar-refractivity contribution in [3.8, 4) is 5.75 Å². The molecule has 1 aliphatic carbocycles. The molecule has 1 fully saturated rings. The molecule has 0 aliphatic heterocycles. The van der Waals surface area contributed by atoms with Gasteiger partial charge >= 0.3 is 0 Å². The first-order valence-electron chi connectivity index (χ1n) is 7.48. The van der Waals surface area contributed by atoms with Gasteiger partial charge in [0.2, 0.25) is 0 Å². The van der Waals surface area contributed by atoms with Crippen LogP contribution in [-0.4, -0.2) is 14.2 Å². The van der Waals surface area contributed by atoms with Crippen LogP contribution in [0.5, 0.6) is 5.75 Å². The third kappa shape index (κ3) is 3.30. The Morgan fingerprint density at radius 3 is 2.26 bits per heavy atom. The van der Waals surface area contributed by atoms with Crippen molar-refractivity contribution in [3.05, 3.63) is 28.8 Å². The molecule has 106 valence electrons. The molecule has 1 aromatic carbocycles. The van der Waals surface area contributed by atoms with Gasteiger partial charge in [-0.25, -0.2) is 0 Å². The minimum atomic E-state index is 0.478. The van der Waals surface area contributed by atoms with Gasteiger partial charge in [0.25, 0.3) is 0 Å². The maximum absolute atomic E-state index is 5.46. The second kappa shape index (κ2) is 6.42. The molecular formula is C17H27NO. The van der Waals surface area contributed by atoms with Crippen LogP contribution in [0.15, 0.2) is 12.1 Å². The summed E-state index contributed by atoms with van der Waals surface area (Å²) in [6.07, 6.45) is 6.92. The summed E-state index contributed by atoms with van der Waals surface area (Å²) in [5.41, 5.74) is 3.89. The zero-order valence-corrected chi connectivity index (χ0v) is 12.8. The van der Waals surface area contributed by atoms with Crippen molar-refractivity contribution in [1.82, 2.24) is 5.32 Å². The molecule has 1 saturated carbocycles. The smallest absolute Gasteiger partial charge is 0.124 e. The SMILES string of the molecule is CNC(CC1CCCC1)c1cc(C)c(OC)c(C)c1. The lowest BCUT2D eigenvalue weighted by Gasteiger charge is -2.22. The summed E-state index contributed by atoms with van der Waals surface area (Å²) in [6, 6.07) is 5.04. The van der Waals surface area contributed by atoms with E-state index in [0.717, 1.165) is 11.7 Å². The predicted molar refractivity (Wildman–Crippen MR) is 80.8 cm³/mol. The summed E-state index contributed by atoms with van der Waals surface area (Å²) >= 11 is 0. The quantitative estimate of drug-likeness (QED) is 0.859. The van der Waals surface area contributed by atoms with Crippen molar-refractivity contribution < 1.29 is 4.74 Å². The van der Waals surface area contributed by atoms with Gasteiger partial charge in [0.15, 0.2) is 0 Å². The van der Waals surface area contributed by atoms with Gasteiger partial charge in [0.1, 0.15) is 5.75 Å². The van der Waals surface area contributed by atoms with Crippen molar-refractivity contribution in [2.75, 3.05) is 14.2 Å². The second-order valence-electron chi connectivity index (χ2n) is 5.92. The number of aryl methyl sites for hydroxylation is 2. The van der Waals surface area contributed by atoms with Gasteiger partial charge in [-0.15, -0.1) is 0 Å². The molecule has 0 amide bonds. The van der Waals surface area contributed by atoms with Crippen LogP contribution < -0.4 is 10.1 Å². The molecule has 1 unspecified atom stereocenters. The minimum absolute atomic E-state index is 0.478. The highest BCUT2D eigenvalue weighted by molar-refractivity contribution is 5.44. The Balaban J connectivity index is 2.17. The summed E-state index contributed by atoms with van der Waals surface area (Å²) in [5.74, 6) is 1.93. The second-order valence-corrected chi connectivity index (χ2v) is 5.92. The van der Waals surface area contributed by atoms with Gasteiger partial charge in [0, 0.05) is 6.04 Å². The van der Waals surface area contributed by atoms with E-state index in [9.17, 15) is 0 Å². The Labute approximate surface area is 117 Å². The number of methoxy groups -OCH3 is 1. The van der Waals surface area contributed by atoms with Crippen LogP contribution >= 0.6 is 0 Å². The number of hydrogen-bond donors (Lipinski definition) is 1. The van der Waals surface area contributed by atoms with E-state index in [1.807, 2.05) is 0 Å². The average molecular weight is 261 g/mol. The highest BCUT2D eigenvalue weighted by Crippen LogP contribution is 2.34. The third-order valence-corrected chi connectivity index (χ3v) is 4.48. The fourth-order valence-electron chi connectivity index (χ4n) is 3.51. The van der Waals surface area contributed by atoms with Gasteiger partial charge in [-0.1, -0.05) is 37.8 Å². The third-order valence-electron chi connectivity index (χ3n) is 4.48. The van der Waals surface area contributed by atoms with Crippen molar-refractivity contribution >= 4 is 0 Å². The van der Waals surface area contributed by atoms with Crippen LogP contribution in [-0.2, 0) is 0 Å². The summed E-state index contributed by atoms with van der Waals surface area (Å²) < 4.78 is 5.46. The van der Waals surface area contributed by atoms with Gasteiger partial charge in [-0.05, 0) is 49.9 Å². The molecule has 2 rings (SSSR count). The van der Waals surface area contributed by atoms with Crippen molar-refractivity contribution in [2.24, 2.45) is 5.92 Å². The molecule has 0 aromatic heterocycles. The number of nitrogens with one attached hydrogen (secondary N) is 1. The molecule has 1 atom stereocenters. The Hall–Kier alpha value is -1.02. The monoisotopic (exact) mass is 261 g/mol. The molecule has 0 spiro atoms. The van der Waals surface area contributed by atoms with Gasteiger partial charge in [-0.3, -0.25) is 0 Å². The first-order valence-corrected chi connectivity index (χ1v) is 7.48. The lowest BCUT2D eigenvalue weighted by Crippen LogP contribution is -2.19. The summed E-state index contributed by atoms with van der Waals surface area (Å²) in [6.45, 7) is 4.27. The van der Waals surface area contributed by atoms with E-state index in [1.54, 1.807) is 7.11 Å². The lowest BCUT2D eigenvalue weighted by molar-refractivity contribution is 0.403. The Morgan fingerprint density at radius 2 is 1.79 bits per heavy atom. The van der Waals surface area contributed by atoms with E-state index < -0.39 is 0 Å². The maximum Gasteiger partial charge on any atom is 0.124 e. The van der Waals surface area contributed by atoms with Crippen molar-refractivity contribution in [1.29, 1.82) is 0 Å². The number of benzene rings is 1. The maximum atomic E-state index is 5.46.